The molecule has 1 heterocycles. The summed E-state index contributed by atoms with van der Waals surface area (Å²) in [6.45, 7) is 1.87. The zero-order valence-corrected chi connectivity index (χ0v) is 11.2. The molecule has 94 valence electrons. The van der Waals surface area contributed by atoms with Crippen molar-refractivity contribution in [2.24, 2.45) is 0 Å². The van der Waals surface area contributed by atoms with Crippen LogP contribution >= 0.6 is 11.6 Å². The lowest BCUT2D eigenvalue weighted by molar-refractivity contribution is 0.394. The smallest absolute Gasteiger partial charge is 0.161 e. The standard InChI is InChI=1S/C13H13ClN2O2/c1-8-4-12(14)16-13(15-8)9-5-10(17-2)7-11(6-9)18-3/h4-7H,1-3H3. The second-order valence-corrected chi connectivity index (χ2v) is 4.14. The van der Waals surface area contributed by atoms with Gasteiger partial charge in [-0.15, -0.1) is 0 Å². The predicted octanol–water partition coefficient (Wildman–Crippen LogP) is 3.12. The summed E-state index contributed by atoms with van der Waals surface area (Å²) < 4.78 is 10.4. The highest BCUT2D eigenvalue weighted by Gasteiger charge is 2.08. The quantitative estimate of drug-likeness (QED) is 0.799. The molecule has 0 fully saturated rings. The van der Waals surface area contributed by atoms with E-state index in [4.69, 9.17) is 21.1 Å². The predicted molar refractivity (Wildman–Crippen MR) is 70.3 cm³/mol. The van der Waals surface area contributed by atoms with E-state index in [-0.39, 0.29) is 0 Å². The van der Waals surface area contributed by atoms with Crippen molar-refractivity contribution in [3.05, 3.63) is 35.1 Å². The van der Waals surface area contributed by atoms with Crippen molar-refractivity contribution in [3.63, 3.8) is 0 Å². The van der Waals surface area contributed by atoms with Crippen molar-refractivity contribution in [2.75, 3.05) is 14.2 Å². The summed E-state index contributed by atoms with van der Waals surface area (Å²) in [6, 6.07) is 7.19. The van der Waals surface area contributed by atoms with Crippen molar-refractivity contribution < 1.29 is 9.47 Å². The number of halogens is 1. The lowest BCUT2D eigenvalue weighted by atomic mass is 10.2. The van der Waals surface area contributed by atoms with Crippen LogP contribution in [0.25, 0.3) is 11.4 Å². The van der Waals surface area contributed by atoms with E-state index < -0.39 is 0 Å². The fourth-order valence-electron chi connectivity index (χ4n) is 1.60. The van der Waals surface area contributed by atoms with Crippen LogP contribution in [-0.4, -0.2) is 24.2 Å². The van der Waals surface area contributed by atoms with E-state index in [1.807, 2.05) is 19.1 Å². The van der Waals surface area contributed by atoms with E-state index in [9.17, 15) is 0 Å². The Kier molecular flexibility index (Phi) is 3.67. The van der Waals surface area contributed by atoms with Crippen LogP contribution in [0, 0.1) is 6.92 Å². The molecular formula is C13H13ClN2O2. The van der Waals surface area contributed by atoms with Gasteiger partial charge in [-0.05, 0) is 25.1 Å². The molecule has 4 nitrogen and oxygen atoms in total. The highest BCUT2D eigenvalue weighted by molar-refractivity contribution is 6.29. The van der Waals surface area contributed by atoms with Gasteiger partial charge in [-0.1, -0.05) is 11.6 Å². The highest BCUT2D eigenvalue weighted by atomic mass is 35.5. The number of ether oxygens (including phenoxy) is 2. The third-order valence-electron chi connectivity index (χ3n) is 2.43. The van der Waals surface area contributed by atoms with Crippen LogP contribution in [-0.2, 0) is 0 Å². The molecule has 2 rings (SSSR count). The fraction of sp³-hybridized carbons (Fsp3) is 0.231. The first-order valence-corrected chi connectivity index (χ1v) is 5.75. The molecule has 0 aliphatic heterocycles. The van der Waals surface area contributed by atoms with Crippen LogP contribution in [0.2, 0.25) is 5.15 Å². The first-order valence-electron chi connectivity index (χ1n) is 5.37. The summed E-state index contributed by atoms with van der Waals surface area (Å²) in [7, 11) is 3.20. The van der Waals surface area contributed by atoms with Crippen LogP contribution in [0.1, 0.15) is 5.69 Å². The lowest BCUT2D eigenvalue weighted by Crippen LogP contribution is -1.94. The molecule has 0 saturated carbocycles. The normalized spacial score (nSPS) is 10.2. The number of hydrogen-bond donors (Lipinski definition) is 0. The Morgan fingerprint density at radius 3 is 2.06 bits per heavy atom. The Morgan fingerprint density at radius 2 is 1.56 bits per heavy atom. The van der Waals surface area contributed by atoms with Crippen LogP contribution in [0.4, 0.5) is 0 Å². The van der Waals surface area contributed by atoms with Gasteiger partial charge in [0.15, 0.2) is 5.82 Å². The van der Waals surface area contributed by atoms with Gasteiger partial charge in [0.25, 0.3) is 0 Å². The van der Waals surface area contributed by atoms with Gasteiger partial charge in [0.1, 0.15) is 16.7 Å². The molecule has 0 N–H and O–H groups in total. The summed E-state index contributed by atoms with van der Waals surface area (Å²) in [5, 5.41) is 0.416. The Bertz CT molecular complexity index is 530. The Morgan fingerprint density at radius 1 is 0.944 bits per heavy atom. The molecule has 18 heavy (non-hydrogen) atoms. The van der Waals surface area contributed by atoms with Crippen molar-refractivity contribution in [1.29, 1.82) is 0 Å². The zero-order chi connectivity index (χ0) is 13.1. The third-order valence-corrected chi connectivity index (χ3v) is 2.63. The van der Waals surface area contributed by atoms with Gasteiger partial charge in [-0.3, -0.25) is 0 Å². The van der Waals surface area contributed by atoms with Crippen LogP contribution in [0.5, 0.6) is 11.5 Å². The zero-order valence-electron chi connectivity index (χ0n) is 10.4. The van der Waals surface area contributed by atoms with E-state index >= 15 is 0 Å². The summed E-state index contributed by atoms with van der Waals surface area (Å²) >= 11 is 5.93. The van der Waals surface area contributed by atoms with Crippen LogP contribution in [0.15, 0.2) is 24.3 Å². The molecule has 1 aromatic carbocycles. The number of rotatable bonds is 3. The van der Waals surface area contributed by atoms with Crippen molar-refractivity contribution in [3.8, 4) is 22.9 Å². The summed E-state index contributed by atoms with van der Waals surface area (Å²) in [5.74, 6) is 1.92. The Labute approximate surface area is 111 Å². The number of benzene rings is 1. The molecule has 0 aliphatic carbocycles. The lowest BCUT2D eigenvalue weighted by Gasteiger charge is -2.08. The third kappa shape index (κ3) is 2.71. The monoisotopic (exact) mass is 264 g/mol. The van der Waals surface area contributed by atoms with Gasteiger partial charge in [-0.2, -0.15) is 0 Å². The molecule has 0 atom stereocenters. The molecule has 0 saturated heterocycles. The Hall–Kier alpha value is -1.81. The molecule has 1 aromatic heterocycles. The largest absolute Gasteiger partial charge is 0.497 e. The average Bonchev–Trinajstić information content (AvgIpc) is 2.37. The molecule has 0 amide bonds. The first-order chi connectivity index (χ1) is 8.62. The number of methoxy groups -OCH3 is 2. The molecule has 0 spiro atoms. The van der Waals surface area contributed by atoms with E-state index in [0.717, 1.165) is 11.3 Å². The maximum absolute atomic E-state index is 5.93. The first kappa shape index (κ1) is 12.6. The van der Waals surface area contributed by atoms with Crippen molar-refractivity contribution >= 4 is 11.6 Å². The molecule has 0 aliphatic rings. The number of nitrogens with zero attached hydrogens (tertiary/aromatic N) is 2. The van der Waals surface area contributed by atoms with Crippen molar-refractivity contribution in [2.45, 2.75) is 6.92 Å². The topological polar surface area (TPSA) is 44.2 Å². The number of hydrogen-bond acceptors (Lipinski definition) is 4. The fourth-order valence-corrected chi connectivity index (χ4v) is 1.83. The van der Waals surface area contributed by atoms with E-state index in [0.29, 0.717) is 22.5 Å². The highest BCUT2D eigenvalue weighted by Crippen LogP contribution is 2.28. The maximum Gasteiger partial charge on any atom is 0.161 e. The van der Waals surface area contributed by atoms with E-state index in [1.54, 1.807) is 26.4 Å². The minimum atomic E-state index is 0.416. The SMILES string of the molecule is COc1cc(OC)cc(-c2nc(C)cc(Cl)n2)c1. The summed E-state index contributed by atoms with van der Waals surface area (Å²) in [4.78, 5) is 8.55. The van der Waals surface area contributed by atoms with Gasteiger partial charge >= 0.3 is 0 Å². The minimum absolute atomic E-state index is 0.416. The molecule has 0 unspecified atom stereocenters. The molecule has 5 heteroatoms. The van der Waals surface area contributed by atoms with Gasteiger partial charge in [0.05, 0.1) is 14.2 Å². The van der Waals surface area contributed by atoms with Gasteiger partial charge in [-0.25, -0.2) is 9.97 Å². The van der Waals surface area contributed by atoms with Gasteiger partial charge in [0.2, 0.25) is 0 Å². The van der Waals surface area contributed by atoms with E-state index in [1.165, 1.54) is 0 Å². The van der Waals surface area contributed by atoms with Gasteiger partial charge in [0, 0.05) is 17.3 Å². The summed E-state index contributed by atoms with van der Waals surface area (Å²) in [5.41, 5.74) is 1.61. The molecule has 2 aromatic rings. The second kappa shape index (κ2) is 5.23. The number of aromatic nitrogens is 2. The average molecular weight is 265 g/mol. The van der Waals surface area contributed by atoms with E-state index in [2.05, 4.69) is 9.97 Å². The second-order valence-electron chi connectivity index (χ2n) is 3.76. The molecule has 0 radical (unpaired) electrons. The Balaban J connectivity index is 2.55. The molecule has 0 bridgehead atoms. The van der Waals surface area contributed by atoms with Crippen LogP contribution in [0.3, 0.4) is 0 Å². The van der Waals surface area contributed by atoms with Crippen molar-refractivity contribution in [1.82, 2.24) is 9.97 Å². The maximum atomic E-state index is 5.93. The summed E-state index contributed by atoms with van der Waals surface area (Å²) in [6.07, 6.45) is 0. The number of aryl methyl sites for hydroxylation is 1. The molecular weight excluding hydrogens is 252 g/mol. The van der Waals surface area contributed by atoms with Crippen LogP contribution < -0.4 is 9.47 Å². The van der Waals surface area contributed by atoms with Gasteiger partial charge < -0.3 is 9.47 Å². The minimum Gasteiger partial charge on any atom is -0.497 e.